The molecule has 0 radical (unpaired) electrons. The number of halogens is 1. The molecule has 1 aliphatic carbocycles. The summed E-state index contributed by atoms with van der Waals surface area (Å²) in [4.78, 5) is 22.0. The highest BCUT2D eigenvalue weighted by Crippen LogP contribution is 2.38. The first-order valence-electron chi connectivity index (χ1n) is 8.89. The van der Waals surface area contributed by atoms with Crippen molar-refractivity contribution in [2.75, 3.05) is 0 Å². The molecule has 0 aliphatic heterocycles. The Bertz CT molecular complexity index is 1230. The van der Waals surface area contributed by atoms with Crippen molar-refractivity contribution in [3.05, 3.63) is 56.8 Å². The first-order chi connectivity index (χ1) is 13.1. The van der Waals surface area contributed by atoms with Crippen LogP contribution in [0.3, 0.4) is 0 Å². The maximum Gasteiger partial charge on any atom is 0.349 e. The third-order valence-corrected chi connectivity index (χ3v) is 6.16. The minimum Gasteiger partial charge on any atom is -0.482 e. The predicted molar refractivity (Wildman–Crippen MR) is 101 cm³/mol. The molecule has 0 saturated carbocycles. The molecule has 0 saturated heterocycles. The smallest absolute Gasteiger partial charge is 0.349 e. The van der Waals surface area contributed by atoms with Crippen molar-refractivity contribution in [1.82, 2.24) is 19.6 Å². The summed E-state index contributed by atoms with van der Waals surface area (Å²) in [6.07, 6.45) is 3.13. The van der Waals surface area contributed by atoms with Crippen LogP contribution < -0.4 is 10.4 Å². The molecule has 0 spiro atoms. The molecule has 0 bridgehead atoms. The molecule has 27 heavy (non-hydrogen) atoms. The van der Waals surface area contributed by atoms with E-state index in [4.69, 9.17) is 4.74 Å². The SMILES string of the molecule is C[C@@H]1CCc2c(sc3[nH]c(=O)n4nc(COc5ccccc5F)nc4c23)C1. The highest BCUT2D eigenvalue weighted by molar-refractivity contribution is 7.19. The van der Waals surface area contributed by atoms with E-state index >= 15 is 0 Å². The van der Waals surface area contributed by atoms with Crippen molar-refractivity contribution in [2.24, 2.45) is 5.92 Å². The average Bonchev–Trinajstić information content (AvgIpc) is 3.21. The van der Waals surface area contributed by atoms with Crippen LogP contribution >= 0.6 is 11.3 Å². The largest absolute Gasteiger partial charge is 0.482 e. The molecule has 1 aromatic carbocycles. The summed E-state index contributed by atoms with van der Waals surface area (Å²) in [5.74, 6) is 0.691. The molecule has 4 aromatic rings. The van der Waals surface area contributed by atoms with Crippen LogP contribution in [0.1, 0.15) is 29.6 Å². The van der Waals surface area contributed by atoms with E-state index in [0.717, 1.165) is 29.5 Å². The molecule has 6 nitrogen and oxygen atoms in total. The Morgan fingerprint density at radius 2 is 2.26 bits per heavy atom. The molecule has 5 rings (SSSR count). The molecule has 3 heterocycles. The van der Waals surface area contributed by atoms with Crippen molar-refractivity contribution >= 4 is 27.2 Å². The minimum absolute atomic E-state index is 0.00704. The lowest BCUT2D eigenvalue weighted by atomic mass is 9.89. The molecule has 138 valence electrons. The van der Waals surface area contributed by atoms with E-state index in [0.29, 0.717) is 17.4 Å². The number of hydrogen-bond acceptors (Lipinski definition) is 5. The fourth-order valence-electron chi connectivity index (χ4n) is 3.65. The number of aromatic amines is 1. The Morgan fingerprint density at radius 3 is 3.11 bits per heavy atom. The minimum atomic E-state index is -0.442. The molecular weight excluding hydrogens is 367 g/mol. The Balaban J connectivity index is 1.58. The van der Waals surface area contributed by atoms with E-state index in [2.05, 4.69) is 22.0 Å². The topological polar surface area (TPSA) is 72.3 Å². The van der Waals surface area contributed by atoms with Crippen LogP contribution in [0.2, 0.25) is 0 Å². The number of nitrogens with zero attached hydrogens (tertiary/aromatic N) is 3. The van der Waals surface area contributed by atoms with Gasteiger partial charge in [0.25, 0.3) is 0 Å². The standard InChI is InChI=1S/C19H17FN4O2S/c1-10-6-7-11-14(8-10)27-18-16(11)17-21-15(23-24(17)19(25)22-18)9-26-13-5-3-2-4-12(13)20/h2-5,10H,6-9H2,1H3,(H,22,25)/t10-/m1/s1. The third kappa shape index (κ3) is 2.71. The van der Waals surface area contributed by atoms with Crippen molar-refractivity contribution in [3.63, 3.8) is 0 Å². The number of para-hydroxylation sites is 1. The van der Waals surface area contributed by atoms with E-state index < -0.39 is 5.82 Å². The van der Waals surface area contributed by atoms with Crippen molar-refractivity contribution in [3.8, 4) is 5.75 Å². The van der Waals surface area contributed by atoms with Crippen LogP contribution in [-0.4, -0.2) is 19.6 Å². The van der Waals surface area contributed by atoms with Crippen molar-refractivity contribution in [2.45, 2.75) is 32.8 Å². The highest BCUT2D eigenvalue weighted by atomic mass is 32.1. The van der Waals surface area contributed by atoms with Crippen molar-refractivity contribution < 1.29 is 9.13 Å². The molecule has 0 unspecified atom stereocenters. The Kier molecular flexibility index (Phi) is 3.75. The van der Waals surface area contributed by atoms with Crippen LogP contribution in [0.5, 0.6) is 5.75 Å². The third-order valence-electron chi connectivity index (χ3n) is 4.99. The summed E-state index contributed by atoms with van der Waals surface area (Å²) >= 11 is 1.64. The maximum atomic E-state index is 13.7. The summed E-state index contributed by atoms with van der Waals surface area (Å²) in [6, 6.07) is 6.18. The average molecular weight is 384 g/mol. The van der Waals surface area contributed by atoms with Gasteiger partial charge >= 0.3 is 5.69 Å². The lowest BCUT2D eigenvalue weighted by Crippen LogP contribution is -2.17. The number of ether oxygens (including phenoxy) is 1. The van der Waals surface area contributed by atoms with E-state index in [-0.39, 0.29) is 18.0 Å². The number of aromatic nitrogens is 4. The van der Waals surface area contributed by atoms with E-state index in [9.17, 15) is 9.18 Å². The molecule has 0 fully saturated rings. The second-order valence-electron chi connectivity index (χ2n) is 6.97. The number of nitrogens with one attached hydrogen (secondary N) is 1. The Labute approximate surface area is 157 Å². The summed E-state index contributed by atoms with van der Waals surface area (Å²) in [6.45, 7) is 2.24. The zero-order valence-electron chi connectivity index (χ0n) is 14.7. The van der Waals surface area contributed by atoms with E-state index in [1.807, 2.05) is 0 Å². The Hall–Kier alpha value is -2.74. The zero-order chi connectivity index (χ0) is 18.5. The predicted octanol–water partition coefficient (Wildman–Crippen LogP) is 3.48. The molecule has 1 atom stereocenters. The number of aryl methyl sites for hydroxylation is 1. The van der Waals surface area contributed by atoms with Crippen LogP contribution in [0.25, 0.3) is 15.9 Å². The number of fused-ring (bicyclic) bond motifs is 5. The van der Waals surface area contributed by atoms with Gasteiger partial charge in [-0.05, 0) is 42.9 Å². The fourth-order valence-corrected chi connectivity index (χ4v) is 5.05. The highest BCUT2D eigenvalue weighted by Gasteiger charge is 2.24. The quantitative estimate of drug-likeness (QED) is 0.587. The summed E-state index contributed by atoms with van der Waals surface area (Å²) < 4.78 is 20.5. The lowest BCUT2D eigenvalue weighted by molar-refractivity contribution is 0.281. The zero-order valence-corrected chi connectivity index (χ0v) is 15.5. The number of thiophene rings is 1. The van der Waals surface area contributed by atoms with Gasteiger partial charge in [-0.1, -0.05) is 19.1 Å². The normalized spacial score (nSPS) is 16.7. The van der Waals surface area contributed by atoms with Crippen LogP contribution in [0, 0.1) is 11.7 Å². The van der Waals surface area contributed by atoms with Gasteiger partial charge in [0.15, 0.2) is 23.0 Å². The molecule has 1 aliphatic rings. The van der Waals surface area contributed by atoms with Gasteiger partial charge in [0.05, 0.1) is 5.39 Å². The lowest BCUT2D eigenvalue weighted by Gasteiger charge is -2.17. The molecule has 8 heteroatoms. The van der Waals surface area contributed by atoms with Gasteiger partial charge in [-0.3, -0.25) is 4.98 Å². The summed E-state index contributed by atoms with van der Waals surface area (Å²) in [7, 11) is 0. The van der Waals surface area contributed by atoms with Gasteiger partial charge in [-0.2, -0.15) is 4.52 Å². The molecule has 1 N–H and O–H groups in total. The summed E-state index contributed by atoms with van der Waals surface area (Å²) in [5, 5.41) is 5.25. The maximum absolute atomic E-state index is 13.7. The van der Waals surface area contributed by atoms with Gasteiger partial charge < -0.3 is 4.74 Å². The van der Waals surface area contributed by atoms with Crippen LogP contribution in [0.4, 0.5) is 4.39 Å². The summed E-state index contributed by atoms with van der Waals surface area (Å²) in [5.41, 5.74) is 1.49. The second-order valence-corrected chi connectivity index (χ2v) is 8.07. The Morgan fingerprint density at radius 1 is 1.41 bits per heavy atom. The van der Waals surface area contributed by atoms with Gasteiger partial charge in [0.1, 0.15) is 11.4 Å². The van der Waals surface area contributed by atoms with Gasteiger partial charge in [0.2, 0.25) is 0 Å². The van der Waals surface area contributed by atoms with E-state index in [1.165, 1.54) is 21.0 Å². The number of rotatable bonds is 3. The first-order valence-corrected chi connectivity index (χ1v) is 9.71. The second kappa shape index (κ2) is 6.16. The van der Waals surface area contributed by atoms with Crippen LogP contribution in [-0.2, 0) is 19.4 Å². The van der Waals surface area contributed by atoms with Gasteiger partial charge in [0, 0.05) is 4.88 Å². The number of hydrogen-bond donors (Lipinski definition) is 1. The van der Waals surface area contributed by atoms with Gasteiger partial charge in [-0.25, -0.2) is 14.2 Å². The number of H-pyrrole nitrogens is 1. The number of benzene rings is 1. The van der Waals surface area contributed by atoms with E-state index in [1.54, 1.807) is 29.5 Å². The van der Waals surface area contributed by atoms with Gasteiger partial charge in [-0.15, -0.1) is 16.4 Å². The first kappa shape index (κ1) is 16.4. The molecular formula is C19H17FN4O2S. The molecule has 3 aromatic heterocycles. The fraction of sp³-hybridized carbons (Fsp3) is 0.316. The van der Waals surface area contributed by atoms with Crippen molar-refractivity contribution in [1.29, 1.82) is 0 Å². The molecule has 0 amide bonds. The van der Waals surface area contributed by atoms with Crippen LogP contribution in [0.15, 0.2) is 29.1 Å². The monoisotopic (exact) mass is 384 g/mol.